The van der Waals surface area contributed by atoms with Gasteiger partial charge in [0.2, 0.25) is 5.91 Å². The lowest BCUT2D eigenvalue weighted by atomic mass is 10.1. The number of rotatable bonds is 4. The number of ether oxygens (including phenoxy) is 1. The van der Waals surface area contributed by atoms with Crippen LogP contribution in [0.15, 0.2) is 30.3 Å². The van der Waals surface area contributed by atoms with Gasteiger partial charge >= 0.3 is 6.18 Å². The van der Waals surface area contributed by atoms with Crippen molar-refractivity contribution in [1.29, 1.82) is 0 Å². The van der Waals surface area contributed by atoms with E-state index in [-0.39, 0.29) is 24.0 Å². The van der Waals surface area contributed by atoms with Crippen LogP contribution in [0.25, 0.3) is 0 Å². The number of carbonyl (C=O) groups is 1. The van der Waals surface area contributed by atoms with Crippen molar-refractivity contribution in [2.75, 3.05) is 38.2 Å². The molecule has 0 radical (unpaired) electrons. The molecule has 1 aliphatic heterocycles. The van der Waals surface area contributed by atoms with E-state index >= 15 is 0 Å². The van der Waals surface area contributed by atoms with Gasteiger partial charge in [-0.1, -0.05) is 18.2 Å². The van der Waals surface area contributed by atoms with Crippen molar-refractivity contribution >= 4 is 11.7 Å². The summed E-state index contributed by atoms with van der Waals surface area (Å²) in [5.74, 6) is 0.917. The number of para-hydroxylation sites is 1. The van der Waals surface area contributed by atoms with Gasteiger partial charge in [-0.15, -0.1) is 0 Å². The quantitative estimate of drug-likeness (QED) is 0.798. The molecule has 6 nitrogen and oxygen atoms in total. The van der Waals surface area contributed by atoms with Crippen LogP contribution >= 0.6 is 0 Å². The Kier molecular flexibility index (Phi) is 5.71. The van der Waals surface area contributed by atoms with Crippen LogP contribution in [0.4, 0.5) is 19.0 Å². The standard InChI is InChI=1S/C19H21F3N4O2/c1-13-23-16(19(20,21)22)12-17(24-13)25-7-9-26(10-8-25)18(27)11-14-5-3-4-6-15(14)28-2/h3-6,12H,7-11H2,1-2H3. The van der Waals surface area contributed by atoms with E-state index in [1.807, 2.05) is 18.2 Å². The lowest BCUT2D eigenvalue weighted by Crippen LogP contribution is -2.49. The molecule has 1 saturated heterocycles. The van der Waals surface area contributed by atoms with Crippen LogP contribution in [0.2, 0.25) is 0 Å². The van der Waals surface area contributed by atoms with E-state index in [9.17, 15) is 18.0 Å². The second-order valence-corrected chi connectivity index (χ2v) is 6.51. The molecule has 0 N–H and O–H groups in total. The van der Waals surface area contributed by atoms with Gasteiger partial charge in [0.25, 0.3) is 0 Å². The highest BCUT2D eigenvalue weighted by Gasteiger charge is 2.34. The molecule has 0 atom stereocenters. The molecular weight excluding hydrogens is 373 g/mol. The van der Waals surface area contributed by atoms with Crippen molar-refractivity contribution in [3.8, 4) is 5.75 Å². The maximum absolute atomic E-state index is 13.0. The fourth-order valence-electron chi connectivity index (χ4n) is 3.17. The van der Waals surface area contributed by atoms with Crippen molar-refractivity contribution in [3.63, 3.8) is 0 Å². The van der Waals surface area contributed by atoms with Crippen molar-refractivity contribution in [2.24, 2.45) is 0 Å². The molecule has 0 bridgehead atoms. The third-order valence-corrected chi connectivity index (χ3v) is 4.61. The zero-order chi connectivity index (χ0) is 20.3. The summed E-state index contributed by atoms with van der Waals surface area (Å²) in [6.45, 7) is 3.08. The van der Waals surface area contributed by atoms with Crippen LogP contribution in [0, 0.1) is 6.92 Å². The first-order valence-corrected chi connectivity index (χ1v) is 8.85. The third kappa shape index (κ3) is 4.52. The number of nitrogens with zero attached hydrogens (tertiary/aromatic N) is 4. The van der Waals surface area contributed by atoms with Crippen molar-refractivity contribution in [2.45, 2.75) is 19.5 Å². The van der Waals surface area contributed by atoms with Crippen LogP contribution in [-0.4, -0.2) is 54.1 Å². The van der Waals surface area contributed by atoms with Gasteiger partial charge in [-0.2, -0.15) is 13.2 Å². The van der Waals surface area contributed by atoms with E-state index in [0.717, 1.165) is 11.6 Å². The average Bonchev–Trinajstić information content (AvgIpc) is 2.67. The Morgan fingerprint density at radius 2 is 1.82 bits per heavy atom. The minimum atomic E-state index is -4.52. The Morgan fingerprint density at radius 3 is 2.46 bits per heavy atom. The molecule has 3 rings (SSSR count). The number of alkyl halides is 3. The molecule has 9 heteroatoms. The number of piperazine rings is 1. The minimum absolute atomic E-state index is 0.0426. The highest BCUT2D eigenvalue weighted by atomic mass is 19.4. The van der Waals surface area contributed by atoms with Gasteiger partial charge in [-0.25, -0.2) is 9.97 Å². The summed E-state index contributed by atoms with van der Waals surface area (Å²) in [5, 5.41) is 0. The van der Waals surface area contributed by atoms with Gasteiger partial charge < -0.3 is 14.5 Å². The number of amides is 1. The fraction of sp³-hybridized carbons (Fsp3) is 0.421. The zero-order valence-electron chi connectivity index (χ0n) is 15.7. The number of aromatic nitrogens is 2. The molecule has 1 amide bonds. The van der Waals surface area contributed by atoms with Gasteiger partial charge in [0.1, 0.15) is 23.1 Å². The van der Waals surface area contributed by atoms with Gasteiger partial charge in [-0.05, 0) is 13.0 Å². The van der Waals surface area contributed by atoms with Crippen LogP contribution in [0.1, 0.15) is 17.1 Å². The Morgan fingerprint density at radius 1 is 1.14 bits per heavy atom. The topological polar surface area (TPSA) is 58.6 Å². The average molecular weight is 394 g/mol. The zero-order valence-corrected chi connectivity index (χ0v) is 15.7. The van der Waals surface area contributed by atoms with Gasteiger partial charge in [-0.3, -0.25) is 4.79 Å². The second kappa shape index (κ2) is 8.04. The maximum atomic E-state index is 13.0. The molecule has 1 aromatic carbocycles. The summed E-state index contributed by atoms with van der Waals surface area (Å²) in [4.78, 5) is 23.6. The molecule has 1 aliphatic rings. The highest BCUT2D eigenvalue weighted by Crippen LogP contribution is 2.30. The first-order valence-electron chi connectivity index (χ1n) is 8.85. The normalized spacial score (nSPS) is 14.9. The molecule has 28 heavy (non-hydrogen) atoms. The van der Waals surface area contributed by atoms with Crippen LogP contribution in [0.3, 0.4) is 0 Å². The van der Waals surface area contributed by atoms with Crippen molar-refractivity contribution in [3.05, 3.63) is 47.4 Å². The summed E-state index contributed by atoms with van der Waals surface area (Å²) >= 11 is 0. The molecule has 0 saturated carbocycles. The minimum Gasteiger partial charge on any atom is -0.496 e. The first-order chi connectivity index (χ1) is 13.3. The molecule has 0 aliphatic carbocycles. The van der Waals surface area contributed by atoms with E-state index in [1.54, 1.807) is 23.0 Å². The summed E-state index contributed by atoms with van der Waals surface area (Å²) in [5.41, 5.74) is -0.150. The lowest BCUT2D eigenvalue weighted by molar-refractivity contribution is -0.141. The Labute approximate surface area is 160 Å². The Hall–Kier alpha value is -2.84. The molecule has 0 unspecified atom stereocenters. The van der Waals surface area contributed by atoms with Crippen LogP contribution in [0.5, 0.6) is 5.75 Å². The molecule has 0 spiro atoms. The van der Waals surface area contributed by atoms with Crippen molar-refractivity contribution in [1.82, 2.24) is 14.9 Å². The first kappa shape index (κ1) is 19.9. The van der Waals surface area contributed by atoms with E-state index in [0.29, 0.717) is 31.9 Å². The molecule has 150 valence electrons. The van der Waals surface area contributed by atoms with Crippen LogP contribution < -0.4 is 9.64 Å². The summed E-state index contributed by atoms with van der Waals surface area (Å²) in [6.07, 6.45) is -4.30. The lowest BCUT2D eigenvalue weighted by Gasteiger charge is -2.35. The van der Waals surface area contributed by atoms with E-state index < -0.39 is 11.9 Å². The number of methoxy groups -OCH3 is 1. The fourth-order valence-corrected chi connectivity index (χ4v) is 3.17. The van der Waals surface area contributed by atoms with Gasteiger partial charge in [0.05, 0.1) is 13.5 Å². The third-order valence-electron chi connectivity index (χ3n) is 4.61. The van der Waals surface area contributed by atoms with E-state index in [1.165, 1.54) is 6.92 Å². The SMILES string of the molecule is COc1ccccc1CC(=O)N1CCN(c2cc(C(F)(F)F)nc(C)n2)CC1. The molecule has 2 aromatic rings. The van der Waals surface area contributed by atoms with E-state index in [4.69, 9.17) is 4.74 Å². The largest absolute Gasteiger partial charge is 0.496 e. The number of hydrogen-bond acceptors (Lipinski definition) is 5. The monoisotopic (exact) mass is 394 g/mol. The van der Waals surface area contributed by atoms with Gasteiger partial charge in [0.15, 0.2) is 0 Å². The number of benzene rings is 1. The predicted molar refractivity (Wildman–Crippen MR) is 97.3 cm³/mol. The molecule has 1 fully saturated rings. The number of carbonyl (C=O) groups excluding carboxylic acids is 1. The molecule has 1 aromatic heterocycles. The Bertz CT molecular complexity index is 849. The molecular formula is C19H21F3N4O2. The maximum Gasteiger partial charge on any atom is 0.433 e. The summed E-state index contributed by atoms with van der Waals surface area (Å²) in [6, 6.07) is 8.29. The van der Waals surface area contributed by atoms with Gasteiger partial charge in [0, 0.05) is 37.8 Å². The summed E-state index contributed by atoms with van der Waals surface area (Å²) < 4.78 is 44.2. The number of anilines is 1. The number of hydrogen-bond donors (Lipinski definition) is 0. The highest BCUT2D eigenvalue weighted by molar-refractivity contribution is 5.79. The Balaban J connectivity index is 1.65. The smallest absolute Gasteiger partial charge is 0.433 e. The number of halogens is 3. The van der Waals surface area contributed by atoms with Crippen LogP contribution in [-0.2, 0) is 17.4 Å². The van der Waals surface area contributed by atoms with Crippen molar-refractivity contribution < 1.29 is 22.7 Å². The second-order valence-electron chi connectivity index (χ2n) is 6.51. The summed E-state index contributed by atoms with van der Waals surface area (Å²) in [7, 11) is 1.56. The number of aryl methyl sites for hydroxylation is 1. The van der Waals surface area contributed by atoms with E-state index in [2.05, 4.69) is 9.97 Å². The predicted octanol–water partition coefficient (Wildman–Crippen LogP) is 2.70. The molecule has 2 heterocycles.